The fourth-order valence-electron chi connectivity index (χ4n) is 3.98. The van der Waals surface area contributed by atoms with Gasteiger partial charge in [-0.1, -0.05) is 29.8 Å². The van der Waals surface area contributed by atoms with E-state index in [4.69, 9.17) is 16.3 Å². The average Bonchev–Trinajstić information content (AvgIpc) is 3.46. The van der Waals surface area contributed by atoms with Crippen molar-refractivity contribution in [1.82, 2.24) is 4.57 Å². The molecule has 2 aliphatic rings. The van der Waals surface area contributed by atoms with Crippen LogP contribution >= 0.6 is 11.6 Å². The third kappa shape index (κ3) is 2.75. The van der Waals surface area contributed by atoms with E-state index < -0.39 is 0 Å². The van der Waals surface area contributed by atoms with E-state index in [1.165, 1.54) is 0 Å². The van der Waals surface area contributed by atoms with Gasteiger partial charge >= 0.3 is 0 Å². The van der Waals surface area contributed by atoms with Crippen LogP contribution in [-0.2, 0) is 10.3 Å². The van der Waals surface area contributed by atoms with Gasteiger partial charge in [-0.25, -0.2) is 0 Å². The van der Waals surface area contributed by atoms with Gasteiger partial charge < -0.3 is 14.6 Å². The number of nitrogens with one attached hydrogen (secondary N) is 1. The largest absolute Gasteiger partial charge is 0.376 e. The number of benzene rings is 2. The lowest BCUT2D eigenvalue weighted by Crippen LogP contribution is -2.53. The van der Waals surface area contributed by atoms with Crippen LogP contribution < -0.4 is 10.9 Å². The molecule has 1 aliphatic carbocycles. The second-order valence-electron chi connectivity index (χ2n) is 7.67. The summed E-state index contributed by atoms with van der Waals surface area (Å²) in [6.07, 6.45) is 4.11. The Kier molecular flexibility index (Phi) is 3.81. The molecule has 138 valence electrons. The summed E-state index contributed by atoms with van der Waals surface area (Å²) < 4.78 is 7.43. The lowest BCUT2D eigenvalue weighted by Gasteiger charge is -2.44. The highest BCUT2D eigenvalue weighted by atomic mass is 35.5. The van der Waals surface area contributed by atoms with Crippen molar-refractivity contribution in [2.45, 2.75) is 31.3 Å². The standard InChI is InChI=1S/C22H21ClN2O2/c1-14-19(3-2-4-20(14)23)22(12-27-13-22)24-16-6-5-15-9-10-25(17-7-8-17)21(26)18(15)11-16/h2-6,9-11,17,24H,7-8,12-13H2,1H3. The van der Waals surface area contributed by atoms with Crippen molar-refractivity contribution in [1.29, 1.82) is 0 Å². The average molecular weight is 381 g/mol. The number of hydrogen-bond acceptors (Lipinski definition) is 3. The molecule has 1 aliphatic heterocycles. The Labute approximate surface area is 162 Å². The number of ether oxygens (including phenoxy) is 1. The maximum Gasteiger partial charge on any atom is 0.258 e. The smallest absolute Gasteiger partial charge is 0.258 e. The van der Waals surface area contributed by atoms with Gasteiger partial charge in [-0.2, -0.15) is 0 Å². The molecule has 2 fully saturated rings. The van der Waals surface area contributed by atoms with Crippen molar-refractivity contribution in [2.75, 3.05) is 18.5 Å². The van der Waals surface area contributed by atoms with Crippen LogP contribution in [0.25, 0.3) is 10.8 Å². The van der Waals surface area contributed by atoms with Crippen molar-refractivity contribution in [3.63, 3.8) is 0 Å². The van der Waals surface area contributed by atoms with Crippen LogP contribution in [0.3, 0.4) is 0 Å². The first-order valence-electron chi connectivity index (χ1n) is 9.34. The summed E-state index contributed by atoms with van der Waals surface area (Å²) in [6, 6.07) is 14.4. The Bertz CT molecular complexity index is 1100. The summed E-state index contributed by atoms with van der Waals surface area (Å²) in [6.45, 7) is 3.19. The SMILES string of the molecule is Cc1c(Cl)cccc1C1(Nc2ccc3ccn(C4CC4)c(=O)c3c2)COC1. The van der Waals surface area contributed by atoms with E-state index in [9.17, 15) is 4.79 Å². The van der Waals surface area contributed by atoms with Crippen LogP contribution in [-0.4, -0.2) is 17.8 Å². The molecule has 0 amide bonds. The minimum atomic E-state index is -0.313. The van der Waals surface area contributed by atoms with E-state index in [0.717, 1.165) is 45.5 Å². The molecule has 5 heteroatoms. The molecule has 4 nitrogen and oxygen atoms in total. The highest BCUT2D eigenvalue weighted by Crippen LogP contribution is 2.38. The molecule has 0 spiro atoms. The summed E-state index contributed by atoms with van der Waals surface area (Å²) in [4.78, 5) is 12.9. The second kappa shape index (κ2) is 6.11. The van der Waals surface area contributed by atoms with Crippen molar-refractivity contribution in [2.24, 2.45) is 0 Å². The summed E-state index contributed by atoms with van der Waals surface area (Å²) in [5.41, 5.74) is 2.91. The lowest BCUT2D eigenvalue weighted by atomic mass is 9.84. The predicted molar refractivity (Wildman–Crippen MR) is 109 cm³/mol. The Hall–Kier alpha value is -2.30. The van der Waals surface area contributed by atoms with Crippen molar-refractivity contribution >= 4 is 28.1 Å². The molecular weight excluding hydrogens is 360 g/mol. The molecule has 1 saturated heterocycles. The predicted octanol–water partition coefficient (Wildman–Crippen LogP) is 4.64. The quantitative estimate of drug-likeness (QED) is 0.717. The number of halogens is 1. The van der Waals surface area contributed by atoms with Crippen LogP contribution in [0.15, 0.2) is 53.5 Å². The van der Waals surface area contributed by atoms with Gasteiger partial charge in [-0.15, -0.1) is 0 Å². The van der Waals surface area contributed by atoms with Gasteiger partial charge in [0.05, 0.1) is 13.2 Å². The van der Waals surface area contributed by atoms with Crippen LogP contribution in [0.2, 0.25) is 5.02 Å². The Morgan fingerprint density at radius 2 is 2.00 bits per heavy atom. The number of rotatable bonds is 4. The van der Waals surface area contributed by atoms with E-state index in [-0.39, 0.29) is 11.1 Å². The summed E-state index contributed by atoms with van der Waals surface area (Å²) >= 11 is 6.34. The molecule has 1 N–H and O–H groups in total. The van der Waals surface area contributed by atoms with Gasteiger partial charge in [0.25, 0.3) is 5.56 Å². The number of pyridine rings is 1. The monoisotopic (exact) mass is 380 g/mol. The van der Waals surface area contributed by atoms with E-state index >= 15 is 0 Å². The zero-order valence-electron chi connectivity index (χ0n) is 15.2. The van der Waals surface area contributed by atoms with Crippen molar-refractivity contribution in [3.05, 3.63) is 75.2 Å². The van der Waals surface area contributed by atoms with E-state index in [1.54, 1.807) is 0 Å². The van der Waals surface area contributed by atoms with Crippen LogP contribution in [0.4, 0.5) is 5.69 Å². The topological polar surface area (TPSA) is 43.3 Å². The van der Waals surface area contributed by atoms with E-state index in [0.29, 0.717) is 19.3 Å². The Morgan fingerprint density at radius 1 is 1.19 bits per heavy atom. The molecule has 0 unspecified atom stereocenters. The molecular formula is C22H21ClN2O2. The number of fused-ring (bicyclic) bond motifs is 1. The first-order chi connectivity index (χ1) is 13.1. The van der Waals surface area contributed by atoms with E-state index in [2.05, 4.69) is 11.4 Å². The van der Waals surface area contributed by atoms with Gasteiger partial charge in [0.15, 0.2) is 0 Å². The molecule has 0 bridgehead atoms. The zero-order valence-corrected chi connectivity index (χ0v) is 15.9. The zero-order chi connectivity index (χ0) is 18.6. The Morgan fingerprint density at radius 3 is 2.70 bits per heavy atom. The summed E-state index contributed by atoms with van der Waals surface area (Å²) in [5, 5.41) is 6.11. The van der Waals surface area contributed by atoms with E-state index in [1.807, 2.05) is 54.1 Å². The molecule has 1 aromatic heterocycles. The molecule has 2 aromatic carbocycles. The van der Waals surface area contributed by atoms with Gasteiger partial charge in [-0.05, 0) is 60.5 Å². The molecule has 5 rings (SSSR count). The number of nitrogens with zero attached hydrogens (tertiary/aromatic N) is 1. The second-order valence-corrected chi connectivity index (χ2v) is 8.08. The molecule has 1 saturated carbocycles. The Balaban J connectivity index is 1.56. The third-order valence-corrected chi connectivity index (χ3v) is 6.15. The summed E-state index contributed by atoms with van der Waals surface area (Å²) in [7, 11) is 0. The summed E-state index contributed by atoms with van der Waals surface area (Å²) in [5.74, 6) is 0. The lowest BCUT2D eigenvalue weighted by molar-refractivity contribution is -0.0449. The normalized spacial score (nSPS) is 18.3. The number of aromatic nitrogens is 1. The maximum atomic E-state index is 12.9. The first-order valence-corrected chi connectivity index (χ1v) is 9.72. The molecule has 0 radical (unpaired) electrons. The number of hydrogen-bond donors (Lipinski definition) is 1. The molecule has 2 heterocycles. The molecule has 27 heavy (non-hydrogen) atoms. The fraction of sp³-hybridized carbons (Fsp3) is 0.318. The van der Waals surface area contributed by atoms with Gasteiger partial charge in [0, 0.05) is 28.3 Å². The van der Waals surface area contributed by atoms with Gasteiger partial charge in [0.1, 0.15) is 5.54 Å². The highest BCUT2D eigenvalue weighted by Gasteiger charge is 2.41. The minimum Gasteiger partial charge on any atom is -0.376 e. The highest BCUT2D eigenvalue weighted by molar-refractivity contribution is 6.31. The van der Waals surface area contributed by atoms with Crippen LogP contribution in [0, 0.1) is 6.92 Å². The van der Waals surface area contributed by atoms with Crippen molar-refractivity contribution < 1.29 is 4.74 Å². The van der Waals surface area contributed by atoms with Gasteiger partial charge in [0.2, 0.25) is 0 Å². The van der Waals surface area contributed by atoms with Crippen molar-refractivity contribution in [3.8, 4) is 0 Å². The maximum absolute atomic E-state index is 12.9. The third-order valence-electron chi connectivity index (χ3n) is 5.74. The minimum absolute atomic E-state index is 0.0940. The van der Waals surface area contributed by atoms with Crippen LogP contribution in [0.5, 0.6) is 0 Å². The van der Waals surface area contributed by atoms with Crippen LogP contribution in [0.1, 0.15) is 30.0 Å². The molecule has 3 aromatic rings. The number of anilines is 1. The first kappa shape index (κ1) is 16.8. The molecule has 0 atom stereocenters. The fourth-order valence-corrected chi connectivity index (χ4v) is 4.15. The van der Waals surface area contributed by atoms with Gasteiger partial charge in [-0.3, -0.25) is 4.79 Å².